The van der Waals surface area contributed by atoms with Crippen LogP contribution in [-0.4, -0.2) is 33.3 Å². The van der Waals surface area contributed by atoms with E-state index in [1.807, 2.05) is 0 Å². The molecular formula is C8H8ClFN2O6S2. The number of hydrogen-bond acceptors (Lipinski definition) is 6. The van der Waals surface area contributed by atoms with Gasteiger partial charge in [-0.3, -0.25) is 10.1 Å². The smallest absolute Gasteiger partial charge is 0.258 e. The van der Waals surface area contributed by atoms with E-state index in [-0.39, 0.29) is 0 Å². The Morgan fingerprint density at radius 3 is 2.25 bits per heavy atom. The van der Waals surface area contributed by atoms with Crippen LogP contribution in [0.4, 0.5) is 10.1 Å². The molecule has 112 valence electrons. The first-order valence-electron chi connectivity index (χ1n) is 4.81. The van der Waals surface area contributed by atoms with Gasteiger partial charge in [-0.05, 0) is 0 Å². The molecule has 0 aliphatic carbocycles. The van der Waals surface area contributed by atoms with Crippen LogP contribution in [0.25, 0.3) is 0 Å². The number of nitro benzene ring substituents is 1. The standard InChI is InChI=1S/C8H8ClFN2O6S2/c9-5-3-7(12(13)14)8(4-6(5)10)19(15,16)1-2-20(11,17)18/h3-4H,1-2H2,(H2,11,17,18). The van der Waals surface area contributed by atoms with Crippen LogP contribution >= 0.6 is 11.6 Å². The molecule has 1 rings (SSSR count). The summed E-state index contributed by atoms with van der Waals surface area (Å²) in [5.41, 5.74) is -0.939. The van der Waals surface area contributed by atoms with E-state index in [1.54, 1.807) is 0 Å². The lowest BCUT2D eigenvalue weighted by molar-refractivity contribution is -0.387. The maximum Gasteiger partial charge on any atom is 0.289 e. The molecule has 0 bridgehead atoms. The van der Waals surface area contributed by atoms with Crippen LogP contribution in [-0.2, 0) is 19.9 Å². The number of nitro groups is 1. The van der Waals surface area contributed by atoms with Crippen LogP contribution in [0.5, 0.6) is 0 Å². The highest BCUT2D eigenvalue weighted by Gasteiger charge is 2.29. The molecule has 1 aromatic carbocycles. The molecule has 0 aromatic heterocycles. The Hall–Kier alpha value is -1.30. The van der Waals surface area contributed by atoms with E-state index in [0.717, 1.165) is 0 Å². The Kier molecular flexibility index (Phi) is 4.69. The summed E-state index contributed by atoms with van der Waals surface area (Å²) in [6.07, 6.45) is 0. The van der Waals surface area contributed by atoms with Crippen LogP contribution in [0.2, 0.25) is 5.02 Å². The zero-order chi connectivity index (χ0) is 15.7. The lowest BCUT2D eigenvalue weighted by atomic mass is 10.3. The first kappa shape index (κ1) is 16.8. The third-order valence-electron chi connectivity index (χ3n) is 2.17. The van der Waals surface area contributed by atoms with Gasteiger partial charge in [-0.1, -0.05) is 11.6 Å². The summed E-state index contributed by atoms with van der Waals surface area (Å²) in [5.74, 6) is -3.13. The second-order valence-electron chi connectivity index (χ2n) is 3.68. The number of sulfonamides is 1. The van der Waals surface area contributed by atoms with Gasteiger partial charge in [-0.25, -0.2) is 26.4 Å². The van der Waals surface area contributed by atoms with Gasteiger partial charge in [0.1, 0.15) is 10.7 Å². The number of benzene rings is 1. The third-order valence-corrected chi connectivity index (χ3v) is 5.23. The zero-order valence-electron chi connectivity index (χ0n) is 9.62. The Labute approximate surface area is 118 Å². The topological polar surface area (TPSA) is 137 Å². The van der Waals surface area contributed by atoms with Crippen LogP contribution in [0.15, 0.2) is 17.0 Å². The van der Waals surface area contributed by atoms with E-state index in [9.17, 15) is 31.3 Å². The molecule has 0 radical (unpaired) electrons. The van der Waals surface area contributed by atoms with Crippen molar-refractivity contribution in [1.29, 1.82) is 0 Å². The molecule has 0 saturated carbocycles. The van der Waals surface area contributed by atoms with E-state index < -0.39 is 57.7 Å². The van der Waals surface area contributed by atoms with Crippen molar-refractivity contribution in [2.24, 2.45) is 5.14 Å². The van der Waals surface area contributed by atoms with Gasteiger partial charge in [-0.15, -0.1) is 0 Å². The second-order valence-corrected chi connectivity index (χ2v) is 7.90. The van der Waals surface area contributed by atoms with Crippen molar-refractivity contribution in [3.8, 4) is 0 Å². The van der Waals surface area contributed by atoms with Crippen molar-refractivity contribution in [1.82, 2.24) is 0 Å². The Morgan fingerprint density at radius 1 is 1.25 bits per heavy atom. The molecule has 2 N–H and O–H groups in total. The molecule has 0 aliphatic rings. The van der Waals surface area contributed by atoms with Crippen LogP contribution in [0, 0.1) is 15.9 Å². The number of primary sulfonamides is 1. The maximum absolute atomic E-state index is 13.3. The molecule has 0 amide bonds. The minimum absolute atomic E-state index is 0.374. The van der Waals surface area contributed by atoms with Crippen LogP contribution < -0.4 is 5.14 Å². The number of halogens is 2. The van der Waals surface area contributed by atoms with Crippen LogP contribution in [0.1, 0.15) is 0 Å². The highest BCUT2D eigenvalue weighted by molar-refractivity contribution is 7.94. The molecular weight excluding hydrogens is 339 g/mol. The number of rotatable bonds is 5. The quantitative estimate of drug-likeness (QED) is 0.606. The zero-order valence-corrected chi connectivity index (χ0v) is 12.0. The van der Waals surface area contributed by atoms with Gasteiger partial charge < -0.3 is 0 Å². The van der Waals surface area contributed by atoms with Crippen molar-refractivity contribution in [3.63, 3.8) is 0 Å². The minimum Gasteiger partial charge on any atom is -0.258 e. The molecule has 0 fully saturated rings. The molecule has 0 unspecified atom stereocenters. The van der Waals surface area contributed by atoms with E-state index >= 15 is 0 Å². The Balaban J connectivity index is 3.37. The number of nitrogens with two attached hydrogens (primary N) is 1. The highest BCUT2D eigenvalue weighted by atomic mass is 35.5. The van der Waals surface area contributed by atoms with Crippen molar-refractivity contribution >= 4 is 37.1 Å². The SMILES string of the molecule is NS(=O)(=O)CCS(=O)(=O)c1cc(F)c(Cl)cc1[N+](=O)[O-]. The van der Waals surface area contributed by atoms with Gasteiger partial charge in [0.25, 0.3) is 5.69 Å². The molecule has 8 nitrogen and oxygen atoms in total. The first-order chi connectivity index (χ1) is 8.94. The van der Waals surface area contributed by atoms with Gasteiger partial charge >= 0.3 is 0 Å². The lowest BCUT2D eigenvalue weighted by Crippen LogP contribution is -2.23. The van der Waals surface area contributed by atoms with Gasteiger partial charge in [0.05, 0.1) is 21.5 Å². The predicted octanol–water partition coefficient (Wildman–Crippen LogP) is 0.450. The second kappa shape index (κ2) is 5.60. The summed E-state index contributed by atoms with van der Waals surface area (Å²) in [7, 11) is -8.49. The minimum atomic E-state index is -4.41. The highest BCUT2D eigenvalue weighted by Crippen LogP contribution is 2.30. The molecule has 0 atom stereocenters. The van der Waals surface area contributed by atoms with E-state index in [4.69, 9.17) is 11.6 Å². The molecule has 0 heterocycles. The fourth-order valence-corrected chi connectivity index (χ4v) is 4.17. The third kappa shape index (κ3) is 4.10. The van der Waals surface area contributed by atoms with E-state index in [0.29, 0.717) is 12.1 Å². The van der Waals surface area contributed by atoms with E-state index in [1.165, 1.54) is 0 Å². The van der Waals surface area contributed by atoms with Gasteiger partial charge in [-0.2, -0.15) is 0 Å². The average Bonchev–Trinajstić information content (AvgIpc) is 2.28. The van der Waals surface area contributed by atoms with Gasteiger partial charge in [0, 0.05) is 12.1 Å². The van der Waals surface area contributed by atoms with Gasteiger partial charge in [0.2, 0.25) is 10.0 Å². The largest absolute Gasteiger partial charge is 0.289 e. The summed E-state index contributed by atoms with van der Waals surface area (Å²) < 4.78 is 58.4. The van der Waals surface area contributed by atoms with E-state index in [2.05, 4.69) is 5.14 Å². The monoisotopic (exact) mass is 346 g/mol. The fraction of sp³-hybridized carbons (Fsp3) is 0.250. The molecule has 1 aromatic rings. The molecule has 20 heavy (non-hydrogen) atoms. The average molecular weight is 347 g/mol. The van der Waals surface area contributed by atoms with Crippen molar-refractivity contribution in [3.05, 3.63) is 33.1 Å². The summed E-state index contributed by atoms with van der Waals surface area (Å²) in [6.45, 7) is 0. The summed E-state index contributed by atoms with van der Waals surface area (Å²) in [6, 6.07) is 0.916. The van der Waals surface area contributed by atoms with Crippen molar-refractivity contribution in [2.75, 3.05) is 11.5 Å². The first-order valence-corrected chi connectivity index (χ1v) is 8.55. The Bertz CT molecular complexity index is 761. The van der Waals surface area contributed by atoms with Crippen molar-refractivity contribution < 1.29 is 26.1 Å². The molecule has 0 saturated heterocycles. The van der Waals surface area contributed by atoms with Crippen LogP contribution in [0.3, 0.4) is 0 Å². The van der Waals surface area contributed by atoms with Gasteiger partial charge in [0.15, 0.2) is 9.84 Å². The lowest BCUT2D eigenvalue weighted by Gasteiger charge is -2.06. The molecule has 0 spiro atoms. The fourth-order valence-electron chi connectivity index (χ4n) is 1.25. The predicted molar refractivity (Wildman–Crippen MR) is 68.1 cm³/mol. The summed E-state index contributed by atoms with van der Waals surface area (Å²) >= 11 is 5.34. The maximum atomic E-state index is 13.3. The summed E-state index contributed by atoms with van der Waals surface area (Å²) in [4.78, 5) is 8.74. The van der Waals surface area contributed by atoms with Crippen molar-refractivity contribution in [2.45, 2.75) is 4.90 Å². The number of sulfone groups is 1. The number of hydrogen-bond donors (Lipinski definition) is 1. The number of nitrogens with zero attached hydrogens (tertiary/aromatic N) is 1. The Morgan fingerprint density at radius 2 is 1.80 bits per heavy atom. The normalized spacial score (nSPS) is 12.3. The molecule has 0 aliphatic heterocycles. The molecule has 12 heteroatoms. The summed E-state index contributed by atoms with van der Waals surface area (Å²) in [5, 5.41) is 14.8.